The van der Waals surface area contributed by atoms with Crippen LogP contribution in [0.25, 0.3) is 0 Å². The maximum absolute atomic E-state index is 11.5. The molecule has 0 aromatic heterocycles. The van der Waals surface area contributed by atoms with Crippen LogP contribution in [0.1, 0.15) is 37.3 Å². The van der Waals surface area contributed by atoms with Crippen molar-refractivity contribution in [1.29, 1.82) is 0 Å². The van der Waals surface area contributed by atoms with Crippen LogP contribution in [0.4, 0.5) is 0 Å². The molecule has 0 aliphatic carbocycles. The summed E-state index contributed by atoms with van der Waals surface area (Å²) in [6.45, 7) is 5.73. The number of halogens is 1. The first-order chi connectivity index (χ1) is 8.25. The Hall–Kier alpha value is -1.06. The summed E-state index contributed by atoms with van der Waals surface area (Å²) in [6.07, 6.45) is 0.249. The number of benzene rings is 1. The summed E-state index contributed by atoms with van der Waals surface area (Å²) in [5, 5.41) is 0.687. The zero-order valence-electron chi connectivity index (χ0n) is 11.3. The lowest BCUT2D eigenvalue weighted by Crippen LogP contribution is -2.40. The van der Waals surface area contributed by atoms with E-state index in [1.165, 1.54) is 7.11 Å². The number of carbonyl (C=O) groups excluding carboxylic acids is 1. The molecule has 1 aromatic rings. The molecule has 0 amide bonds. The molecule has 18 heavy (non-hydrogen) atoms. The number of methoxy groups -OCH3 is 1. The van der Waals surface area contributed by atoms with E-state index in [1.807, 2.05) is 39.0 Å². The summed E-state index contributed by atoms with van der Waals surface area (Å²) in [5.74, 6) is -0.390. The van der Waals surface area contributed by atoms with Crippen molar-refractivity contribution in [2.24, 2.45) is 5.73 Å². The van der Waals surface area contributed by atoms with Crippen molar-refractivity contribution in [2.45, 2.75) is 38.6 Å². The Labute approximate surface area is 113 Å². The first-order valence-corrected chi connectivity index (χ1v) is 6.25. The molecule has 0 saturated heterocycles. The molecular weight excluding hydrogens is 250 g/mol. The Bertz CT molecular complexity index is 438. The molecule has 0 spiro atoms. The van der Waals surface area contributed by atoms with E-state index in [9.17, 15) is 4.79 Å². The molecule has 3 nitrogen and oxygen atoms in total. The Kier molecular flexibility index (Phi) is 4.77. The molecule has 0 radical (unpaired) electrons. The molecule has 1 atom stereocenters. The molecule has 1 rings (SSSR count). The van der Waals surface area contributed by atoms with Gasteiger partial charge in [0.1, 0.15) is 0 Å². The van der Waals surface area contributed by atoms with Crippen LogP contribution in [-0.2, 0) is 9.53 Å². The van der Waals surface area contributed by atoms with Gasteiger partial charge in [-0.3, -0.25) is 4.79 Å². The molecule has 1 unspecified atom stereocenters. The van der Waals surface area contributed by atoms with Gasteiger partial charge in [-0.25, -0.2) is 0 Å². The molecule has 0 fully saturated rings. The van der Waals surface area contributed by atoms with Gasteiger partial charge in [-0.2, -0.15) is 0 Å². The van der Waals surface area contributed by atoms with Crippen molar-refractivity contribution in [3.05, 3.63) is 34.3 Å². The van der Waals surface area contributed by atoms with Crippen molar-refractivity contribution in [3.63, 3.8) is 0 Å². The van der Waals surface area contributed by atoms with Gasteiger partial charge in [0.25, 0.3) is 0 Å². The summed E-state index contributed by atoms with van der Waals surface area (Å²) < 4.78 is 4.72. The first kappa shape index (κ1) is 15.0. The maximum Gasteiger partial charge on any atom is 0.306 e. The summed E-state index contributed by atoms with van der Waals surface area (Å²) >= 11 is 6.12. The van der Waals surface area contributed by atoms with Gasteiger partial charge in [-0.15, -0.1) is 0 Å². The third-order valence-electron chi connectivity index (χ3n) is 3.09. The van der Waals surface area contributed by atoms with Gasteiger partial charge >= 0.3 is 5.97 Å². The smallest absolute Gasteiger partial charge is 0.306 e. The van der Waals surface area contributed by atoms with E-state index in [1.54, 1.807) is 0 Å². The number of nitrogens with two attached hydrogens (primary N) is 1. The van der Waals surface area contributed by atoms with E-state index in [4.69, 9.17) is 22.1 Å². The Morgan fingerprint density at radius 2 is 2.11 bits per heavy atom. The van der Waals surface area contributed by atoms with E-state index in [0.29, 0.717) is 5.02 Å². The van der Waals surface area contributed by atoms with Crippen LogP contribution >= 0.6 is 11.6 Å². The highest BCUT2D eigenvalue weighted by molar-refractivity contribution is 6.31. The third kappa shape index (κ3) is 3.72. The van der Waals surface area contributed by atoms with Crippen molar-refractivity contribution in [1.82, 2.24) is 0 Å². The van der Waals surface area contributed by atoms with Crippen LogP contribution in [0, 0.1) is 6.92 Å². The predicted octanol–water partition coefficient (Wildman–Crippen LogP) is 3.03. The molecule has 0 aliphatic heterocycles. The molecule has 100 valence electrons. The van der Waals surface area contributed by atoms with E-state index in [0.717, 1.165) is 11.1 Å². The van der Waals surface area contributed by atoms with E-state index in [2.05, 4.69) is 0 Å². The van der Waals surface area contributed by atoms with Gasteiger partial charge in [-0.05, 0) is 38.0 Å². The zero-order valence-corrected chi connectivity index (χ0v) is 12.0. The minimum atomic E-state index is -0.521. The van der Waals surface area contributed by atoms with Crippen molar-refractivity contribution < 1.29 is 9.53 Å². The SMILES string of the molecule is COC(=O)CC(c1ccc(C)c(Cl)c1)C(C)(C)N. The average molecular weight is 270 g/mol. The second kappa shape index (κ2) is 5.72. The summed E-state index contributed by atoms with van der Waals surface area (Å²) in [4.78, 5) is 11.5. The number of hydrogen-bond acceptors (Lipinski definition) is 3. The largest absolute Gasteiger partial charge is 0.469 e. The minimum absolute atomic E-state index is 0.122. The monoisotopic (exact) mass is 269 g/mol. The third-order valence-corrected chi connectivity index (χ3v) is 3.50. The van der Waals surface area contributed by atoms with Crippen LogP contribution in [0.15, 0.2) is 18.2 Å². The molecule has 4 heteroatoms. The van der Waals surface area contributed by atoms with Crippen LogP contribution in [0.3, 0.4) is 0 Å². The topological polar surface area (TPSA) is 52.3 Å². The molecule has 0 aliphatic rings. The van der Waals surface area contributed by atoms with E-state index >= 15 is 0 Å². The van der Waals surface area contributed by atoms with Gasteiger partial charge in [-0.1, -0.05) is 23.7 Å². The zero-order chi connectivity index (χ0) is 13.9. The molecule has 0 saturated carbocycles. The number of hydrogen-bond donors (Lipinski definition) is 1. The van der Waals surface area contributed by atoms with E-state index < -0.39 is 5.54 Å². The highest BCUT2D eigenvalue weighted by atomic mass is 35.5. The number of carbonyl (C=O) groups is 1. The highest BCUT2D eigenvalue weighted by Crippen LogP contribution is 2.32. The second-order valence-electron chi connectivity index (χ2n) is 5.16. The molecule has 2 N–H and O–H groups in total. The fraction of sp³-hybridized carbons (Fsp3) is 0.500. The molecule has 0 bridgehead atoms. The standard InChI is InChI=1S/C14H20ClNO2/c1-9-5-6-10(7-12(9)15)11(14(2,3)16)8-13(17)18-4/h5-7,11H,8,16H2,1-4H3. The summed E-state index contributed by atoms with van der Waals surface area (Å²) in [6, 6.07) is 5.77. The van der Waals surface area contributed by atoms with Crippen LogP contribution < -0.4 is 5.73 Å². The minimum Gasteiger partial charge on any atom is -0.469 e. The maximum atomic E-state index is 11.5. The van der Waals surface area contributed by atoms with Gasteiger partial charge in [0.05, 0.1) is 13.5 Å². The second-order valence-corrected chi connectivity index (χ2v) is 5.57. The fourth-order valence-electron chi connectivity index (χ4n) is 1.89. The Morgan fingerprint density at radius 3 is 2.56 bits per heavy atom. The number of rotatable bonds is 4. The molecular formula is C14H20ClNO2. The first-order valence-electron chi connectivity index (χ1n) is 5.87. The van der Waals surface area contributed by atoms with Gasteiger partial charge in [0.15, 0.2) is 0 Å². The summed E-state index contributed by atoms with van der Waals surface area (Å²) in [5.41, 5.74) is 7.60. The molecule has 0 heterocycles. The van der Waals surface area contributed by atoms with Crippen LogP contribution in [0.5, 0.6) is 0 Å². The average Bonchev–Trinajstić information content (AvgIpc) is 2.28. The predicted molar refractivity (Wildman–Crippen MR) is 73.8 cm³/mol. The van der Waals surface area contributed by atoms with Crippen molar-refractivity contribution >= 4 is 17.6 Å². The van der Waals surface area contributed by atoms with Crippen LogP contribution in [-0.4, -0.2) is 18.6 Å². The molecule has 1 aromatic carbocycles. The normalized spacial score (nSPS) is 13.2. The lowest BCUT2D eigenvalue weighted by atomic mass is 9.80. The lowest BCUT2D eigenvalue weighted by Gasteiger charge is -2.30. The number of esters is 1. The lowest BCUT2D eigenvalue weighted by molar-refractivity contribution is -0.141. The number of aryl methyl sites for hydroxylation is 1. The number of ether oxygens (including phenoxy) is 1. The summed E-state index contributed by atoms with van der Waals surface area (Å²) in [7, 11) is 1.38. The van der Waals surface area contributed by atoms with Crippen molar-refractivity contribution in [2.75, 3.05) is 7.11 Å². The van der Waals surface area contributed by atoms with Crippen molar-refractivity contribution in [3.8, 4) is 0 Å². The van der Waals surface area contributed by atoms with Gasteiger partial charge < -0.3 is 10.5 Å². The van der Waals surface area contributed by atoms with Gasteiger partial charge in [0.2, 0.25) is 0 Å². The Balaban J connectivity index is 3.10. The van der Waals surface area contributed by atoms with Crippen LogP contribution in [0.2, 0.25) is 5.02 Å². The van der Waals surface area contributed by atoms with E-state index in [-0.39, 0.29) is 18.3 Å². The highest BCUT2D eigenvalue weighted by Gasteiger charge is 2.29. The Morgan fingerprint density at radius 1 is 1.50 bits per heavy atom. The fourth-order valence-corrected chi connectivity index (χ4v) is 2.08. The quantitative estimate of drug-likeness (QED) is 0.855. The van der Waals surface area contributed by atoms with Gasteiger partial charge in [0, 0.05) is 16.5 Å².